The summed E-state index contributed by atoms with van der Waals surface area (Å²) in [4.78, 5) is 19.8. The van der Waals surface area contributed by atoms with E-state index in [1.165, 1.54) is 114 Å². The SMILES string of the molecule is CCCCCCCCOc1cnc(-c2ccc(Oc3ccc(-c4ncc(OCCCCCCCC)c(CCC[Si](C)(C)CCCC)n4)cc3)cc2)nc1CCC[Si](C)(C)CCCC. The van der Waals surface area contributed by atoms with Gasteiger partial charge < -0.3 is 14.2 Å². The van der Waals surface area contributed by atoms with Crippen molar-refractivity contribution in [1.82, 2.24) is 19.9 Å². The van der Waals surface area contributed by atoms with E-state index < -0.39 is 16.1 Å². The summed E-state index contributed by atoms with van der Waals surface area (Å²) < 4.78 is 19.0. The number of aromatic nitrogens is 4. The van der Waals surface area contributed by atoms with Crippen molar-refractivity contribution >= 4 is 16.1 Å². The summed E-state index contributed by atoms with van der Waals surface area (Å²) in [7, 11) is -2.43. The zero-order valence-corrected chi connectivity index (χ0v) is 43.2. The number of benzene rings is 2. The molecule has 0 spiro atoms. The summed E-state index contributed by atoms with van der Waals surface area (Å²) >= 11 is 0. The molecule has 2 heterocycles. The predicted molar refractivity (Wildman–Crippen MR) is 273 cm³/mol. The van der Waals surface area contributed by atoms with Crippen LogP contribution in [0.4, 0.5) is 0 Å². The summed E-state index contributed by atoms with van der Waals surface area (Å²) in [5.74, 6) is 4.69. The molecule has 0 unspecified atom stereocenters. The number of hydrogen-bond acceptors (Lipinski definition) is 7. The van der Waals surface area contributed by atoms with Crippen LogP contribution in [-0.4, -0.2) is 49.3 Å². The molecule has 0 saturated heterocycles. The van der Waals surface area contributed by atoms with E-state index in [4.69, 9.17) is 34.1 Å². The summed E-state index contributed by atoms with van der Waals surface area (Å²) in [6.45, 7) is 20.7. The van der Waals surface area contributed by atoms with Gasteiger partial charge in [-0.25, -0.2) is 19.9 Å². The number of unbranched alkanes of at least 4 members (excludes halogenated alkanes) is 12. The van der Waals surface area contributed by atoms with Crippen molar-refractivity contribution in [3.8, 4) is 45.8 Å². The molecule has 0 aliphatic heterocycles. The Labute approximate surface area is 386 Å². The second-order valence-corrected chi connectivity index (χ2v) is 30.3. The summed E-state index contributed by atoms with van der Waals surface area (Å²) in [6.07, 6.45) is 28.1. The number of hydrogen-bond donors (Lipinski definition) is 0. The van der Waals surface area contributed by atoms with Crippen LogP contribution >= 0.6 is 0 Å². The van der Waals surface area contributed by atoms with Crippen LogP contribution in [0.25, 0.3) is 22.8 Å². The first kappa shape index (κ1) is 52.1. The third-order valence-electron chi connectivity index (χ3n) is 12.6. The molecule has 0 fully saturated rings. The van der Waals surface area contributed by atoms with Crippen LogP contribution in [0.1, 0.15) is 155 Å². The Balaban J connectivity index is 1.41. The Morgan fingerprint density at radius 1 is 0.413 bits per heavy atom. The molecule has 63 heavy (non-hydrogen) atoms. The van der Waals surface area contributed by atoms with E-state index in [9.17, 15) is 0 Å². The lowest BCUT2D eigenvalue weighted by atomic mass is 10.1. The van der Waals surface area contributed by atoms with Crippen molar-refractivity contribution in [2.24, 2.45) is 0 Å². The van der Waals surface area contributed by atoms with Gasteiger partial charge in [-0.1, -0.05) is 168 Å². The van der Waals surface area contributed by atoms with Gasteiger partial charge in [0.25, 0.3) is 0 Å². The smallest absolute Gasteiger partial charge is 0.159 e. The van der Waals surface area contributed by atoms with Crippen LogP contribution < -0.4 is 14.2 Å². The first-order chi connectivity index (χ1) is 30.6. The first-order valence-corrected chi connectivity index (χ1v) is 32.3. The van der Waals surface area contributed by atoms with E-state index in [-0.39, 0.29) is 0 Å². The van der Waals surface area contributed by atoms with Gasteiger partial charge in [0.2, 0.25) is 0 Å². The Kier molecular flexibility index (Phi) is 24.0. The van der Waals surface area contributed by atoms with Crippen molar-refractivity contribution in [1.29, 1.82) is 0 Å². The molecule has 0 atom stereocenters. The standard InChI is InChI=1S/C54H86N4O3Si2/c1-9-13-17-19-21-23-37-59-51-43-55-53(57-49(51)27-25-41-62(5,6)39-15-11-3)45-29-33-47(34-30-45)61-48-35-31-46(32-36-48)54-56-44-52(60-38-24-22-20-18-14-10-2)50(58-54)28-26-42-63(7,8)40-16-12-4/h29-36,43-44H,9-28,37-42H2,1-8H3. The van der Waals surface area contributed by atoms with E-state index in [0.29, 0.717) is 0 Å². The van der Waals surface area contributed by atoms with Crippen molar-refractivity contribution in [2.75, 3.05) is 13.2 Å². The fourth-order valence-electron chi connectivity index (χ4n) is 8.33. The normalized spacial score (nSPS) is 11.9. The fraction of sp³-hybridized carbons (Fsp3) is 0.630. The minimum Gasteiger partial charge on any atom is -0.490 e. The zero-order valence-electron chi connectivity index (χ0n) is 41.2. The number of ether oxygens (including phenoxy) is 3. The van der Waals surface area contributed by atoms with Crippen molar-refractivity contribution < 1.29 is 14.2 Å². The molecule has 4 rings (SSSR count). The zero-order chi connectivity index (χ0) is 45.2. The highest BCUT2D eigenvalue weighted by molar-refractivity contribution is 6.77. The number of nitrogens with zero attached hydrogens (tertiary/aromatic N) is 4. The largest absolute Gasteiger partial charge is 0.490 e. The average molecular weight is 895 g/mol. The Bertz CT molecular complexity index is 1700. The topological polar surface area (TPSA) is 79.2 Å². The highest BCUT2D eigenvalue weighted by Gasteiger charge is 2.22. The van der Waals surface area contributed by atoms with Crippen LogP contribution in [0, 0.1) is 0 Å². The maximum absolute atomic E-state index is 6.34. The third-order valence-corrected chi connectivity index (χ3v) is 19.4. The molecule has 0 aliphatic carbocycles. The van der Waals surface area contributed by atoms with E-state index in [2.05, 4.69) is 78.1 Å². The van der Waals surface area contributed by atoms with Gasteiger partial charge in [0.15, 0.2) is 23.1 Å². The van der Waals surface area contributed by atoms with Crippen LogP contribution in [0.2, 0.25) is 50.4 Å². The molecule has 0 N–H and O–H groups in total. The Morgan fingerprint density at radius 3 is 1.14 bits per heavy atom. The molecular formula is C54H86N4O3Si2. The van der Waals surface area contributed by atoms with Crippen LogP contribution in [-0.2, 0) is 12.8 Å². The highest BCUT2D eigenvalue weighted by Crippen LogP contribution is 2.31. The van der Waals surface area contributed by atoms with Crippen molar-refractivity contribution in [3.05, 3.63) is 72.3 Å². The Hall–Kier alpha value is -3.57. The van der Waals surface area contributed by atoms with Crippen LogP contribution in [0.3, 0.4) is 0 Å². The highest BCUT2D eigenvalue weighted by atomic mass is 28.3. The lowest BCUT2D eigenvalue weighted by Crippen LogP contribution is -2.24. The van der Waals surface area contributed by atoms with Gasteiger partial charge in [0.1, 0.15) is 11.5 Å². The molecule has 2 aromatic heterocycles. The molecule has 0 bridgehead atoms. The third kappa shape index (κ3) is 20.0. The van der Waals surface area contributed by atoms with Gasteiger partial charge in [-0.15, -0.1) is 0 Å². The summed E-state index contributed by atoms with van der Waals surface area (Å²) in [5, 5.41) is 0. The molecular weight excluding hydrogens is 809 g/mol. The van der Waals surface area contributed by atoms with E-state index >= 15 is 0 Å². The maximum atomic E-state index is 6.34. The lowest BCUT2D eigenvalue weighted by molar-refractivity contribution is 0.298. The van der Waals surface area contributed by atoms with E-state index in [1.54, 1.807) is 0 Å². The molecule has 7 nitrogen and oxygen atoms in total. The van der Waals surface area contributed by atoms with Gasteiger partial charge in [-0.3, -0.25) is 0 Å². The van der Waals surface area contributed by atoms with E-state index in [0.717, 1.165) is 109 Å². The van der Waals surface area contributed by atoms with Crippen molar-refractivity contribution in [3.63, 3.8) is 0 Å². The summed E-state index contributed by atoms with van der Waals surface area (Å²) in [6, 6.07) is 21.6. The average Bonchev–Trinajstić information content (AvgIpc) is 3.28. The monoisotopic (exact) mass is 895 g/mol. The molecule has 2 aromatic carbocycles. The molecule has 348 valence electrons. The molecule has 0 saturated carbocycles. The molecule has 9 heteroatoms. The Morgan fingerprint density at radius 2 is 0.762 bits per heavy atom. The lowest BCUT2D eigenvalue weighted by Gasteiger charge is -2.22. The number of rotatable bonds is 34. The molecule has 0 radical (unpaired) electrons. The second-order valence-electron chi connectivity index (χ2n) is 19.6. The molecule has 0 amide bonds. The van der Waals surface area contributed by atoms with Gasteiger partial charge >= 0.3 is 0 Å². The van der Waals surface area contributed by atoms with Crippen molar-refractivity contribution in [2.45, 2.75) is 206 Å². The quantitative estimate of drug-likeness (QED) is 0.0341. The van der Waals surface area contributed by atoms with Gasteiger partial charge in [-0.05, 0) is 87.1 Å². The maximum Gasteiger partial charge on any atom is 0.159 e. The molecule has 0 aliphatic rings. The van der Waals surface area contributed by atoms with Gasteiger partial charge in [-0.2, -0.15) is 0 Å². The van der Waals surface area contributed by atoms with Gasteiger partial charge in [0.05, 0.1) is 37.0 Å². The minimum atomic E-state index is -1.21. The number of aryl methyl sites for hydroxylation is 2. The van der Waals surface area contributed by atoms with E-state index in [1.807, 2.05) is 36.7 Å². The summed E-state index contributed by atoms with van der Waals surface area (Å²) in [5.41, 5.74) is 4.01. The molecule has 4 aromatic rings. The second kappa shape index (κ2) is 29.1. The predicted octanol–water partition coefficient (Wildman–Crippen LogP) is 16.8. The fourth-order valence-corrected chi connectivity index (χ4v) is 13.7. The van der Waals surface area contributed by atoms with Crippen LogP contribution in [0.15, 0.2) is 60.9 Å². The first-order valence-electron chi connectivity index (χ1n) is 25.4. The minimum absolute atomic E-state index is 0.722. The van der Waals surface area contributed by atoms with Gasteiger partial charge in [0, 0.05) is 27.3 Å². The van der Waals surface area contributed by atoms with Crippen LogP contribution in [0.5, 0.6) is 23.0 Å².